The van der Waals surface area contributed by atoms with Crippen molar-refractivity contribution in [3.63, 3.8) is 0 Å². The van der Waals surface area contributed by atoms with Crippen LogP contribution in [0, 0.1) is 12.7 Å². The van der Waals surface area contributed by atoms with Crippen molar-refractivity contribution < 1.29 is 13.6 Å². The predicted molar refractivity (Wildman–Crippen MR) is 106 cm³/mol. The van der Waals surface area contributed by atoms with E-state index in [0.29, 0.717) is 22.8 Å². The van der Waals surface area contributed by atoms with Crippen LogP contribution >= 0.6 is 0 Å². The van der Waals surface area contributed by atoms with E-state index in [2.05, 4.69) is 20.8 Å². The molecule has 0 atom stereocenters. The number of amides is 1. The zero-order chi connectivity index (χ0) is 20.2. The fourth-order valence-electron chi connectivity index (χ4n) is 2.71. The summed E-state index contributed by atoms with van der Waals surface area (Å²) in [6.45, 7) is 1.65. The summed E-state index contributed by atoms with van der Waals surface area (Å²) in [6, 6.07) is 17.1. The Bertz CT molecular complexity index is 1170. The molecule has 0 radical (unpaired) electrons. The van der Waals surface area contributed by atoms with E-state index in [-0.39, 0.29) is 5.70 Å². The molecule has 0 saturated carbocycles. The second-order valence-electron chi connectivity index (χ2n) is 6.24. The van der Waals surface area contributed by atoms with Crippen LogP contribution in [-0.4, -0.2) is 26.1 Å². The molecule has 0 aliphatic heterocycles. The third-order valence-corrected chi connectivity index (χ3v) is 4.21. The van der Waals surface area contributed by atoms with Gasteiger partial charge in [-0.05, 0) is 47.2 Å². The highest BCUT2D eigenvalue weighted by atomic mass is 19.1. The lowest BCUT2D eigenvalue weighted by atomic mass is 10.2. The Kier molecular flexibility index (Phi) is 4.98. The molecule has 2 heterocycles. The third-order valence-electron chi connectivity index (χ3n) is 4.21. The Balaban J connectivity index is 1.75. The van der Waals surface area contributed by atoms with Crippen LogP contribution in [0.3, 0.4) is 0 Å². The number of anilines is 1. The molecule has 0 fully saturated rings. The van der Waals surface area contributed by atoms with Crippen molar-refractivity contribution >= 4 is 23.4 Å². The summed E-state index contributed by atoms with van der Waals surface area (Å²) in [7, 11) is 0. The third kappa shape index (κ3) is 3.96. The van der Waals surface area contributed by atoms with Crippen LogP contribution in [0.15, 0.2) is 71.3 Å². The molecule has 4 aromatic rings. The number of nitrogens with zero attached hydrogens (tertiary/aromatic N) is 4. The predicted octanol–water partition coefficient (Wildman–Crippen LogP) is 4.02. The first-order valence-corrected chi connectivity index (χ1v) is 8.79. The molecule has 4 rings (SSSR count). The average molecular weight is 389 g/mol. The number of hydrogen-bond acceptors (Lipinski definition) is 5. The minimum absolute atomic E-state index is 0.116. The number of halogens is 1. The average Bonchev–Trinajstić information content (AvgIpc) is 3.41. The smallest absolute Gasteiger partial charge is 0.274 e. The molecule has 0 spiro atoms. The minimum Gasteiger partial charge on any atom is -0.465 e. The van der Waals surface area contributed by atoms with Crippen LogP contribution in [0.4, 0.5) is 10.1 Å². The molecule has 2 aromatic carbocycles. The molecule has 0 aliphatic carbocycles. The van der Waals surface area contributed by atoms with Crippen molar-refractivity contribution in [1.29, 1.82) is 0 Å². The second-order valence-corrected chi connectivity index (χ2v) is 6.24. The van der Waals surface area contributed by atoms with Crippen LogP contribution in [0.1, 0.15) is 11.3 Å². The minimum atomic E-state index is -0.519. The molecule has 144 valence electrons. The van der Waals surface area contributed by atoms with Gasteiger partial charge in [-0.2, -0.15) is 4.68 Å². The Labute approximate surface area is 165 Å². The molecule has 29 heavy (non-hydrogen) atoms. The van der Waals surface area contributed by atoms with E-state index < -0.39 is 11.7 Å². The number of carbonyl (C=O) groups excluding carboxylic acids is 1. The molecule has 0 unspecified atom stereocenters. The molecular weight excluding hydrogens is 373 g/mol. The number of tetrazole rings is 1. The summed E-state index contributed by atoms with van der Waals surface area (Å²) in [5.41, 5.74) is 1.65. The fraction of sp³-hybridized carbons (Fsp3) is 0.0476. The maximum atomic E-state index is 13.9. The topological polar surface area (TPSA) is 85.8 Å². The van der Waals surface area contributed by atoms with Gasteiger partial charge in [0.15, 0.2) is 5.82 Å². The van der Waals surface area contributed by atoms with Gasteiger partial charge in [-0.1, -0.05) is 36.4 Å². The van der Waals surface area contributed by atoms with Gasteiger partial charge in [0.25, 0.3) is 5.91 Å². The molecule has 1 amide bonds. The van der Waals surface area contributed by atoms with Gasteiger partial charge >= 0.3 is 0 Å². The number of hydrogen-bond donors (Lipinski definition) is 1. The Morgan fingerprint density at radius 1 is 1.14 bits per heavy atom. The number of rotatable bonds is 5. The van der Waals surface area contributed by atoms with Crippen molar-refractivity contribution in [2.75, 3.05) is 5.32 Å². The van der Waals surface area contributed by atoms with Crippen molar-refractivity contribution in [2.24, 2.45) is 0 Å². The maximum Gasteiger partial charge on any atom is 0.274 e. The van der Waals surface area contributed by atoms with Crippen molar-refractivity contribution in [2.45, 2.75) is 6.92 Å². The second kappa shape index (κ2) is 7.89. The van der Waals surface area contributed by atoms with Crippen LogP contribution in [0.5, 0.6) is 0 Å². The lowest BCUT2D eigenvalue weighted by Crippen LogP contribution is -2.19. The SMILES string of the molecule is Cc1ccc(NC(=O)C(=Cc2ccco2)n2nnnc2-c2ccccc2)cc1F. The number of aromatic nitrogens is 4. The summed E-state index contributed by atoms with van der Waals surface area (Å²) >= 11 is 0. The molecular formula is C21H16FN5O2. The van der Waals surface area contributed by atoms with Gasteiger partial charge < -0.3 is 9.73 Å². The number of furan rings is 1. The number of benzene rings is 2. The first-order chi connectivity index (χ1) is 14.1. The van der Waals surface area contributed by atoms with E-state index in [4.69, 9.17) is 4.42 Å². The van der Waals surface area contributed by atoms with E-state index in [9.17, 15) is 9.18 Å². The summed E-state index contributed by atoms with van der Waals surface area (Å²) in [4.78, 5) is 13.1. The van der Waals surface area contributed by atoms with Gasteiger partial charge in [-0.15, -0.1) is 5.10 Å². The van der Waals surface area contributed by atoms with Gasteiger partial charge in [0.1, 0.15) is 17.3 Å². The monoisotopic (exact) mass is 389 g/mol. The molecule has 8 heteroatoms. The van der Waals surface area contributed by atoms with Crippen LogP contribution in [0.25, 0.3) is 23.2 Å². The lowest BCUT2D eigenvalue weighted by molar-refractivity contribution is -0.111. The number of nitrogens with one attached hydrogen (secondary N) is 1. The van der Waals surface area contributed by atoms with E-state index in [1.807, 2.05) is 30.3 Å². The quantitative estimate of drug-likeness (QED) is 0.521. The van der Waals surface area contributed by atoms with Gasteiger partial charge in [0, 0.05) is 17.3 Å². The molecule has 0 aliphatic rings. The zero-order valence-electron chi connectivity index (χ0n) is 15.4. The fourth-order valence-corrected chi connectivity index (χ4v) is 2.71. The lowest BCUT2D eigenvalue weighted by Gasteiger charge is -2.11. The van der Waals surface area contributed by atoms with E-state index in [0.717, 1.165) is 5.56 Å². The van der Waals surface area contributed by atoms with E-state index >= 15 is 0 Å². The highest BCUT2D eigenvalue weighted by Crippen LogP contribution is 2.22. The van der Waals surface area contributed by atoms with E-state index in [1.165, 1.54) is 23.1 Å². The highest BCUT2D eigenvalue weighted by molar-refractivity contribution is 6.24. The summed E-state index contributed by atoms with van der Waals surface area (Å²) in [5.74, 6) is -0.103. The standard InChI is InChI=1S/C21H16FN5O2/c1-14-9-10-16(12-18(14)22)23-21(28)19(13-17-8-5-11-29-17)27-20(24-25-26-27)15-6-3-2-4-7-15/h2-13H,1H3,(H,23,28). The van der Waals surface area contributed by atoms with Crippen LogP contribution in [0.2, 0.25) is 0 Å². The van der Waals surface area contributed by atoms with Gasteiger partial charge in [0.05, 0.1) is 6.26 Å². The molecule has 0 saturated heterocycles. The van der Waals surface area contributed by atoms with Gasteiger partial charge in [0.2, 0.25) is 0 Å². The summed E-state index contributed by atoms with van der Waals surface area (Å²) < 4.78 is 20.5. The Hall–Kier alpha value is -4.07. The van der Waals surface area contributed by atoms with Crippen molar-refractivity contribution in [3.05, 3.63) is 84.1 Å². The Morgan fingerprint density at radius 2 is 1.97 bits per heavy atom. The summed E-state index contributed by atoms with van der Waals surface area (Å²) in [6.07, 6.45) is 3.01. The highest BCUT2D eigenvalue weighted by Gasteiger charge is 2.20. The van der Waals surface area contributed by atoms with Crippen molar-refractivity contribution in [3.8, 4) is 11.4 Å². The maximum absolute atomic E-state index is 13.9. The molecule has 7 nitrogen and oxygen atoms in total. The van der Waals surface area contributed by atoms with E-state index in [1.54, 1.807) is 31.2 Å². The largest absolute Gasteiger partial charge is 0.465 e. The number of carbonyl (C=O) groups is 1. The number of aryl methyl sites for hydroxylation is 1. The summed E-state index contributed by atoms with van der Waals surface area (Å²) in [5, 5.41) is 14.4. The zero-order valence-corrected chi connectivity index (χ0v) is 15.4. The van der Waals surface area contributed by atoms with Gasteiger partial charge in [-0.25, -0.2) is 4.39 Å². The van der Waals surface area contributed by atoms with Gasteiger partial charge in [-0.3, -0.25) is 4.79 Å². The molecule has 2 aromatic heterocycles. The first kappa shape index (κ1) is 18.3. The van der Waals surface area contributed by atoms with Crippen LogP contribution < -0.4 is 5.32 Å². The Morgan fingerprint density at radius 3 is 2.69 bits per heavy atom. The van der Waals surface area contributed by atoms with Crippen molar-refractivity contribution in [1.82, 2.24) is 20.2 Å². The first-order valence-electron chi connectivity index (χ1n) is 8.79. The normalized spacial score (nSPS) is 11.4. The molecule has 0 bridgehead atoms. The molecule has 1 N–H and O–H groups in total. The van der Waals surface area contributed by atoms with Crippen LogP contribution in [-0.2, 0) is 4.79 Å².